The van der Waals surface area contributed by atoms with Crippen LogP contribution in [0.25, 0.3) is 0 Å². The van der Waals surface area contributed by atoms with Crippen LogP contribution < -0.4 is 20.5 Å². The number of methoxy groups -OCH3 is 1. The summed E-state index contributed by atoms with van der Waals surface area (Å²) in [5, 5.41) is 3.25. The van der Waals surface area contributed by atoms with E-state index in [1.165, 1.54) is 6.33 Å². The van der Waals surface area contributed by atoms with Crippen LogP contribution in [0.1, 0.15) is 0 Å². The Labute approximate surface area is 146 Å². The van der Waals surface area contributed by atoms with Gasteiger partial charge in [0.25, 0.3) is 0 Å². The molecule has 25 heavy (non-hydrogen) atoms. The lowest BCUT2D eigenvalue weighted by Crippen LogP contribution is -2.39. The first kappa shape index (κ1) is 17.2. The second kappa shape index (κ2) is 8.50. The lowest BCUT2D eigenvalue weighted by Gasteiger charge is -2.26. The van der Waals surface area contributed by atoms with Gasteiger partial charge in [0.15, 0.2) is 5.82 Å². The minimum absolute atomic E-state index is 0.328. The topological polar surface area (TPSA) is 94.8 Å². The summed E-state index contributed by atoms with van der Waals surface area (Å²) in [6.45, 7) is 5.12. The third-order valence-electron chi connectivity index (χ3n) is 3.95. The van der Waals surface area contributed by atoms with Gasteiger partial charge in [0.2, 0.25) is 5.88 Å². The number of hydrogen-bond acceptors (Lipinski definition) is 8. The number of nitrogens with two attached hydrogens (primary N) is 1. The van der Waals surface area contributed by atoms with E-state index in [9.17, 15) is 0 Å². The predicted molar refractivity (Wildman–Crippen MR) is 95.3 cm³/mol. The molecule has 0 saturated carbocycles. The summed E-state index contributed by atoms with van der Waals surface area (Å²) in [6, 6.07) is 7.22. The Balaban J connectivity index is 1.58. The van der Waals surface area contributed by atoms with Gasteiger partial charge in [0, 0.05) is 26.2 Å². The number of hydrogen-bond donors (Lipinski definition) is 2. The normalized spacial score (nSPS) is 14.9. The second-order valence-corrected chi connectivity index (χ2v) is 5.60. The molecule has 2 heterocycles. The zero-order valence-corrected chi connectivity index (χ0v) is 14.3. The first-order chi connectivity index (χ1) is 12.3. The molecule has 3 N–H and O–H groups in total. The Morgan fingerprint density at radius 1 is 1.16 bits per heavy atom. The average molecular weight is 345 g/mol. The van der Waals surface area contributed by atoms with Crippen molar-refractivity contribution >= 4 is 11.5 Å². The van der Waals surface area contributed by atoms with Crippen LogP contribution in [0.15, 0.2) is 30.6 Å². The van der Waals surface area contributed by atoms with Crippen LogP contribution in [0.3, 0.4) is 0 Å². The molecule has 0 unspecified atom stereocenters. The summed E-state index contributed by atoms with van der Waals surface area (Å²) in [5.41, 5.74) is 6.52. The van der Waals surface area contributed by atoms with Gasteiger partial charge >= 0.3 is 0 Å². The summed E-state index contributed by atoms with van der Waals surface area (Å²) < 4.78 is 16.2. The molecule has 2 aromatic rings. The van der Waals surface area contributed by atoms with Crippen molar-refractivity contribution in [1.82, 2.24) is 14.9 Å². The first-order valence-corrected chi connectivity index (χ1v) is 8.22. The smallest absolute Gasteiger partial charge is 0.248 e. The number of anilines is 2. The van der Waals surface area contributed by atoms with E-state index in [1.807, 2.05) is 12.1 Å². The van der Waals surface area contributed by atoms with E-state index in [1.54, 1.807) is 19.2 Å². The minimum atomic E-state index is 0.328. The van der Waals surface area contributed by atoms with E-state index in [2.05, 4.69) is 20.2 Å². The van der Waals surface area contributed by atoms with Crippen molar-refractivity contribution in [2.75, 3.05) is 57.6 Å². The van der Waals surface area contributed by atoms with Crippen molar-refractivity contribution in [2.45, 2.75) is 0 Å². The van der Waals surface area contributed by atoms with Gasteiger partial charge < -0.3 is 25.3 Å². The van der Waals surface area contributed by atoms with Crippen molar-refractivity contribution in [3.05, 3.63) is 30.6 Å². The molecule has 1 aliphatic rings. The molecule has 0 radical (unpaired) electrons. The lowest BCUT2D eigenvalue weighted by atomic mass is 10.3. The standard InChI is InChI=1S/C17H23N5O3/c1-23-13-2-4-14(5-3-13)25-17-15(18)16(20-12-21-17)19-6-7-22-8-10-24-11-9-22/h2-5,12H,6-11,18H2,1H3,(H,19,20,21). The maximum absolute atomic E-state index is 6.14. The Morgan fingerprint density at radius 2 is 1.88 bits per heavy atom. The lowest BCUT2D eigenvalue weighted by molar-refractivity contribution is 0.0398. The van der Waals surface area contributed by atoms with E-state index in [4.69, 9.17) is 19.9 Å². The summed E-state index contributed by atoms with van der Waals surface area (Å²) in [6.07, 6.45) is 1.44. The van der Waals surface area contributed by atoms with E-state index in [0.29, 0.717) is 23.1 Å². The summed E-state index contributed by atoms with van der Waals surface area (Å²) >= 11 is 0. The zero-order chi connectivity index (χ0) is 17.5. The molecule has 0 spiro atoms. The molecule has 8 nitrogen and oxygen atoms in total. The zero-order valence-electron chi connectivity index (χ0n) is 14.3. The third-order valence-corrected chi connectivity index (χ3v) is 3.95. The fourth-order valence-corrected chi connectivity index (χ4v) is 2.51. The summed E-state index contributed by atoms with van der Waals surface area (Å²) in [5.74, 6) is 2.29. The molecule has 0 aliphatic carbocycles. The van der Waals surface area contributed by atoms with Gasteiger partial charge in [-0.15, -0.1) is 0 Å². The first-order valence-electron chi connectivity index (χ1n) is 8.22. The highest BCUT2D eigenvalue weighted by Crippen LogP contribution is 2.29. The predicted octanol–water partition coefficient (Wildman–Crippen LogP) is 1.60. The van der Waals surface area contributed by atoms with Crippen LogP contribution in [0.5, 0.6) is 17.4 Å². The van der Waals surface area contributed by atoms with Crippen molar-refractivity contribution in [3.63, 3.8) is 0 Å². The quantitative estimate of drug-likeness (QED) is 0.781. The van der Waals surface area contributed by atoms with Crippen LogP contribution in [-0.4, -0.2) is 61.4 Å². The fourth-order valence-electron chi connectivity index (χ4n) is 2.51. The third kappa shape index (κ3) is 4.71. The molecule has 1 saturated heterocycles. The molecule has 1 aliphatic heterocycles. The molecule has 134 valence electrons. The van der Waals surface area contributed by atoms with Crippen LogP contribution in [0.4, 0.5) is 11.5 Å². The van der Waals surface area contributed by atoms with Crippen molar-refractivity contribution in [1.29, 1.82) is 0 Å². The number of ether oxygens (including phenoxy) is 3. The minimum Gasteiger partial charge on any atom is -0.497 e. The van der Waals surface area contributed by atoms with Crippen LogP contribution in [-0.2, 0) is 4.74 Å². The van der Waals surface area contributed by atoms with E-state index in [0.717, 1.165) is 45.1 Å². The van der Waals surface area contributed by atoms with Crippen LogP contribution >= 0.6 is 0 Å². The Hall–Kier alpha value is -2.58. The van der Waals surface area contributed by atoms with Crippen LogP contribution in [0, 0.1) is 0 Å². The molecule has 0 atom stereocenters. The molecule has 1 fully saturated rings. The molecule has 0 bridgehead atoms. The Morgan fingerprint density at radius 3 is 2.60 bits per heavy atom. The molecule has 1 aromatic carbocycles. The van der Waals surface area contributed by atoms with Gasteiger partial charge in [-0.25, -0.2) is 4.98 Å². The fraction of sp³-hybridized carbons (Fsp3) is 0.412. The highest BCUT2D eigenvalue weighted by molar-refractivity contribution is 5.66. The molecular formula is C17H23N5O3. The van der Waals surface area contributed by atoms with E-state index >= 15 is 0 Å². The largest absolute Gasteiger partial charge is 0.497 e. The molecule has 0 amide bonds. The van der Waals surface area contributed by atoms with Crippen molar-refractivity contribution in [3.8, 4) is 17.4 Å². The maximum atomic E-state index is 6.14. The van der Waals surface area contributed by atoms with Gasteiger partial charge in [-0.1, -0.05) is 0 Å². The number of benzene rings is 1. The van der Waals surface area contributed by atoms with Gasteiger partial charge in [-0.05, 0) is 24.3 Å². The number of aromatic nitrogens is 2. The monoisotopic (exact) mass is 345 g/mol. The number of morpholine rings is 1. The van der Waals surface area contributed by atoms with E-state index in [-0.39, 0.29) is 0 Å². The maximum Gasteiger partial charge on any atom is 0.248 e. The van der Waals surface area contributed by atoms with Gasteiger partial charge in [0.1, 0.15) is 23.5 Å². The molecule has 1 aromatic heterocycles. The summed E-state index contributed by atoms with van der Waals surface area (Å²) in [4.78, 5) is 10.7. The second-order valence-electron chi connectivity index (χ2n) is 5.60. The Bertz CT molecular complexity index is 674. The molecular weight excluding hydrogens is 322 g/mol. The van der Waals surface area contributed by atoms with Crippen molar-refractivity contribution in [2.24, 2.45) is 0 Å². The molecule has 3 rings (SSSR count). The number of nitrogens with one attached hydrogen (secondary N) is 1. The number of nitrogens with zero attached hydrogens (tertiary/aromatic N) is 3. The van der Waals surface area contributed by atoms with Gasteiger partial charge in [0.05, 0.1) is 20.3 Å². The van der Waals surface area contributed by atoms with E-state index < -0.39 is 0 Å². The highest BCUT2D eigenvalue weighted by Gasteiger charge is 2.12. The van der Waals surface area contributed by atoms with Crippen molar-refractivity contribution < 1.29 is 14.2 Å². The molecule has 8 heteroatoms. The SMILES string of the molecule is COc1ccc(Oc2ncnc(NCCN3CCOCC3)c2N)cc1. The Kier molecular flexibility index (Phi) is 5.86. The number of rotatable bonds is 7. The van der Waals surface area contributed by atoms with Crippen LogP contribution in [0.2, 0.25) is 0 Å². The summed E-state index contributed by atoms with van der Waals surface area (Å²) in [7, 11) is 1.62. The van der Waals surface area contributed by atoms with Gasteiger partial charge in [-0.2, -0.15) is 4.98 Å². The highest BCUT2D eigenvalue weighted by atomic mass is 16.5. The van der Waals surface area contributed by atoms with Gasteiger partial charge in [-0.3, -0.25) is 4.90 Å². The average Bonchev–Trinajstić information content (AvgIpc) is 2.66. The number of nitrogen functional groups attached to an aromatic ring is 1.